The molecule has 0 radical (unpaired) electrons. The number of nitrogens with zero attached hydrogens (tertiary/aromatic N) is 1. The molecule has 0 bridgehead atoms. The maximum absolute atomic E-state index is 9.06. The van der Waals surface area contributed by atoms with Gasteiger partial charge >= 0.3 is 0 Å². The van der Waals surface area contributed by atoms with E-state index in [-0.39, 0.29) is 0 Å². The monoisotopic (exact) mass is 193 g/mol. The molecule has 2 aromatic carbocycles. The second-order valence-corrected chi connectivity index (χ2v) is 3.60. The van der Waals surface area contributed by atoms with Crippen molar-refractivity contribution in [1.29, 1.82) is 5.26 Å². The zero-order valence-corrected chi connectivity index (χ0v) is 8.62. The lowest BCUT2D eigenvalue weighted by Gasteiger charge is -2.07. The molecule has 0 saturated carbocycles. The molecule has 72 valence electrons. The summed E-state index contributed by atoms with van der Waals surface area (Å²) >= 11 is 0. The van der Waals surface area contributed by atoms with Crippen molar-refractivity contribution in [2.45, 2.75) is 6.92 Å². The molecule has 0 atom stereocenters. The molecule has 0 aliphatic rings. The molecule has 2 rings (SSSR count). The number of fused-ring (bicyclic) bond motifs is 1. The molecule has 0 N–H and O–H groups in total. The largest absolute Gasteiger partial charge is 0.192 e. The molecule has 0 saturated heterocycles. The van der Waals surface area contributed by atoms with Gasteiger partial charge < -0.3 is 0 Å². The number of hydrogen-bond donors (Lipinski definition) is 0. The van der Waals surface area contributed by atoms with Crippen LogP contribution in [-0.2, 0) is 0 Å². The van der Waals surface area contributed by atoms with Crippen molar-refractivity contribution in [3.8, 4) is 6.07 Å². The fraction of sp³-hybridized carbons (Fsp3) is 0.0714. The van der Waals surface area contributed by atoms with Gasteiger partial charge in [0.2, 0.25) is 0 Å². The average Bonchev–Trinajstić information content (AvgIpc) is 2.27. The molecule has 0 heterocycles. The van der Waals surface area contributed by atoms with Crippen molar-refractivity contribution >= 4 is 16.3 Å². The number of allylic oxidation sites excluding steroid dienone is 1. The van der Waals surface area contributed by atoms with E-state index in [4.69, 9.17) is 5.26 Å². The Balaban J connectivity index is 2.95. The summed E-state index contributed by atoms with van der Waals surface area (Å²) in [7, 11) is 0. The van der Waals surface area contributed by atoms with E-state index in [9.17, 15) is 0 Å². The van der Waals surface area contributed by atoms with Crippen LogP contribution in [0.25, 0.3) is 16.3 Å². The van der Waals surface area contributed by atoms with E-state index in [2.05, 4.69) is 12.6 Å². The predicted octanol–water partition coefficient (Wildman–Crippen LogP) is 3.74. The van der Waals surface area contributed by atoms with Crippen LogP contribution in [0.2, 0.25) is 0 Å². The minimum atomic E-state index is 0.714. The molecule has 1 nitrogen and oxygen atoms in total. The highest BCUT2D eigenvalue weighted by Gasteiger charge is 2.05. The Morgan fingerprint density at radius 2 is 1.87 bits per heavy atom. The molecule has 0 spiro atoms. The van der Waals surface area contributed by atoms with Crippen LogP contribution < -0.4 is 0 Å². The van der Waals surface area contributed by atoms with Crippen molar-refractivity contribution < 1.29 is 0 Å². The first kappa shape index (κ1) is 9.48. The fourth-order valence-corrected chi connectivity index (χ4v) is 1.79. The first-order chi connectivity index (χ1) is 7.24. The third-order valence-electron chi connectivity index (χ3n) is 2.48. The Morgan fingerprint density at radius 1 is 1.20 bits per heavy atom. The SMILES string of the molecule is C=C(C)c1cccc2cccc(C#N)c12. The minimum absolute atomic E-state index is 0.714. The van der Waals surface area contributed by atoms with E-state index in [1.54, 1.807) is 0 Å². The van der Waals surface area contributed by atoms with E-state index in [1.165, 1.54) is 0 Å². The Morgan fingerprint density at radius 3 is 2.47 bits per heavy atom. The van der Waals surface area contributed by atoms with Gasteiger partial charge in [-0.1, -0.05) is 42.5 Å². The molecule has 2 aromatic rings. The maximum Gasteiger partial charge on any atom is 0.0998 e. The zero-order chi connectivity index (χ0) is 10.8. The standard InChI is InChI=1S/C14H11N/c1-10(2)13-8-4-6-11-5-3-7-12(9-15)14(11)13/h3-8H,1H2,2H3. The third-order valence-corrected chi connectivity index (χ3v) is 2.48. The lowest BCUT2D eigenvalue weighted by molar-refractivity contribution is 1.50. The van der Waals surface area contributed by atoms with Crippen LogP contribution >= 0.6 is 0 Å². The topological polar surface area (TPSA) is 23.8 Å². The van der Waals surface area contributed by atoms with E-state index in [0.717, 1.165) is 21.9 Å². The highest BCUT2D eigenvalue weighted by molar-refractivity contribution is 5.97. The molecule has 15 heavy (non-hydrogen) atoms. The van der Waals surface area contributed by atoms with Crippen LogP contribution in [0, 0.1) is 11.3 Å². The van der Waals surface area contributed by atoms with Crippen LogP contribution in [0.3, 0.4) is 0 Å². The van der Waals surface area contributed by atoms with Crippen LogP contribution in [0.5, 0.6) is 0 Å². The quantitative estimate of drug-likeness (QED) is 0.676. The summed E-state index contributed by atoms with van der Waals surface area (Å²) in [6.45, 7) is 5.90. The lowest BCUT2D eigenvalue weighted by atomic mass is 9.96. The predicted molar refractivity (Wildman–Crippen MR) is 63.4 cm³/mol. The summed E-state index contributed by atoms with van der Waals surface area (Å²) in [5.74, 6) is 0. The van der Waals surface area contributed by atoms with Gasteiger partial charge in [-0.25, -0.2) is 0 Å². The summed E-state index contributed by atoms with van der Waals surface area (Å²) in [5.41, 5.74) is 2.76. The second kappa shape index (κ2) is 3.59. The van der Waals surface area contributed by atoms with Gasteiger partial charge in [0.05, 0.1) is 11.6 Å². The zero-order valence-electron chi connectivity index (χ0n) is 8.62. The summed E-state index contributed by atoms with van der Waals surface area (Å²) in [4.78, 5) is 0. The summed E-state index contributed by atoms with van der Waals surface area (Å²) < 4.78 is 0. The normalized spacial score (nSPS) is 9.87. The molecule has 0 unspecified atom stereocenters. The summed E-state index contributed by atoms with van der Waals surface area (Å²) in [6.07, 6.45) is 0. The van der Waals surface area contributed by atoms with E-state index >= 15 is 0 Å². The maximum atomic E-state index is 9.06. The Kier molecular flexibility index (Phi) is 2.27. The highest BCUT2D eigenvalue weighted by atomic mass is 14.2. The van der Waals surface area contributed by atoms with Crippen molar-refractivity contribution in [3.63, 3.8) is 0 Å². The number of hydrogen-bond acceptors (Lipinski definition) is 1. The van der Waals surface area contributed by atoms with Gasteiger partial charge in [0.15, 0.2) is 0 Å². The minimum Gasteiger partial charge on any atom is -0.192 e. The Labute approximate surface area is 89.3 Å². The number of rotatable bonds is 1. The lowest BCUT2D eigenvalue weighted by Crippen LogP contribution is -1.86. The fourth-order valence-electron chi connectivity index (χ4n) is 1.79. The first-order valence-corrected chi connectivity index (χ1v) is 4.82. The van der Waals surface area contributed by atoms with Gasteiger partial charge in [0.1, 0.15) is 0 Å². The molecular weight excluding hydrogens is 182 g/mol. The van der Waals surface area contributed by atoms with Gasteiger partial charge in [-0.15, -0.1) is 0 Å². The Bertz CT molecular complexity index is 568. The molecule has 0 aromatic heterocycles. The van der Waals surface area contributed by atoms with E-state index in [0.29, 0.717) is 5.56 Å². The van der Waals surface area contributed by atoms with Gasteiger partial charge in [-0.05, 0) is 23.9 Å². The number of benzene rings is 2. The molecule has 0 amide bonds. The van der Waals surface area contributed by atoms with E-state index in [1.807, 2.05) is 43.3 Å². The number of nitriles is 1. The van der Waals surface area contributed by atoms with Crippen molar-refractivity contribution in [3.05, 3.63) is 54.1 Å². The smallest absolute Gasteiger partial charge is 0.0998 e. The highest BCUT2D eigenvalue weighted by Crippen LogP contribution is 2.26. The van der Waals surface area contributed by atoms with Gasteiger partial charge in [0, 0.05) is 5.39 Å². The molecular formula is C14H11N. The van der Waals surface area contributed by atoms with Crippen LogP contribution in [0.1, 0.15) is 18.1 Å². The molecule has 0 fully saturated rings. The van der Waals surface area contributed by atoms with Gasteiger partial charge in [-0.2, -0.15) is 5.26 Å². The molecule has 1 heteroatoms. The summed E-state index contributed by atoms with van der Waals surface area (Å²) in [6, 6.07) is 14.0. The van der Waals surface area contributed by atoms with Crippen molar-refractivity contribution in [2.24, 2.45) is 0 Å². The summed E-state index contributed by atoms with van der Waals surface area (Å²) in [5, 5.41) is 11.2. The Hall–Kier alpha value is -2.07. The van der Waals surface area contributed by atoms with Crippen molar-refractivity contribution in [2.75, 3.05) is 0 Å². The first-order valence-electron chi connectivity index (χ1n) is 4.82. The molecule has 0 aliphatic heterocycles. The third kappa shape index (κ3) is 1.51. The van der Waals surface area contributed by atoms with Gasteiger partial charge in [-0.3, -0.25) is 0 Å². The van der Waals surface area contributed by atoms with Crippen LogP contribution in [-0.4, -0.2) is 0 Å². The van der Waals surface area contributed by atoms with Crippen molar-refractivity contribution in [1.82, 2.24) is 0 Å². The average molecular weight is 193 g/mol. The van der Waals surface area contributed by atoms with E-state index < -0.39 is 0 Å². The molecule has 0 aliphatic carbocycles. The van der Waals surface area contributed by atoms with Crippen LogP contribution in [0.15, 0.2) is 43.0 Å². The second-order valence-electron chi connectivity index (χ2n) is 3.60. The van der Waals surface area contributed by atoms with Crippen LogP contribution in [0.4, 0.5) is 0 Å². The van der Waals surface area contributed by atoms with Gasteiger partial charge in [0.25, 0.3) is 0 Å².